The fourth-order valence-corrected chi connectivity index (χ4v) is 4.28. The first-order valence-electron chi connectivity index (χ1n) is 6.83. The molecule has 1 atom stereocenters. The van der Waals surface area contributed by atoms with Gasteiger partial charge in [-0.2, -0.15) is 11.8 Å². The Morgan fingerprint density at radius 1 is 1.53 bits per heavy atom. The summed E-state index contributed by atoms with van der Waals surface area (Å²) in [5, 5.41) is 11.7. The second kappa shape index (κ2) is 7.96. The van der Waals surface area contributed by atoms with Gasteiger partial charge < -0.3 is 5.11 Å². The molecule has 1 aromatic heterocycles. The average molecular weight is 295 g/mol. The number of aliphatic hydroxyl groups is 1. The lowest BCUT2D eigenvalue weighted by molar-refractivity contribution is 0.275. The highest BCUT2D eigenvalue weighted by molar-refractivity contribution is 8.00. The van der Waals surface area contributed by atoms with E-state index < -0.39 is 0 Å². The third-order valence-electron chi connectivity index (χ3n) is 3.25. The molecule has 1 aliphatic rings. The molecule has 0 aliphatic carbocycles. The highest BCUT2D eigenvalue weighted by Crippen LogP contribution is 2.24. The molecule has 1 fully saturated rings. The Morgan fingerprint density at radius 3 is 3.21 bits per heavy atom. The number of aliphatic hydroxyl groups excluding tert-OH is 1. The van der Waals surface area contributed by atoms with Gasteiger partial charge in [0.25, 0.3) is 0 Å². The SMILES string of the molecule is CCC1CN(Cc2sccc2C#CCCO)CCS1. The highest BCUT2D eigenvalue weighted by atomic mass is 32.2. The zero-order chi connectivity index (χ0) is 13.5. The lowest BCUT2D eigenvalue weighted by atomic mass is 10.2. The van der Waals surface area contributed by atoms with Crippen LogP contribution in [0.4, 0.5) is 0 Å². The molecule has 0 saturated carbocycles. The van der Waals surface area contributed by atoms with Crippen molar-refractivity contribution >= 4 is 23.1 Å². The number of thiophene rings is 1. The third kappa shape index (κ3) is 4.54. The van der Waals surface area contributed by atoms with E-state index in [0.717, 1.165) is 17.4 Å². The summed E-state index contributed by atoms with van der Waals surface area (Å²) in [6, 6.07) is 2.10. The van der Waals surface area contributed by atoms with Crippen molar-refractivity contribution in [2.24, 2.45) is 0 Å². The molecule has 0 spiro atoms. The lowest BCUT2D eigenvalue weighted by Gasteiger charge is -2.31. The first-order valence-corrected chi connectivity index (χ1v) is 8.76. The van der Waals surface area contributed by atoms with Crippen LogP contribution in [0.2, 0.25) is 0 Å². The molecule has 2 rings (SSSR count). The van der Waals surface area contributed by atoms with Crippen molar-refractivity contribution in [2.75, 3.05) is 25.4 Å². The number of thioether (sulfide) groups is 1. The van der Waals surface area contributed by atoms with Crippen LogP contribution >= 0.6 is 23.1 Å². The van der Waals surface area contributed by atoms with Gasteiger partial charge in [0.2, 0.25) is 0 Å². The van der Waals surface area contributed by atoms with E-state index >= 15 is 0 Å². The summed E-state index contributed by atoms with van der Waals surface area (Å²) >= 11 is 3.90. The molecule has 0 aromatic carbocycles. The number of hydrogen-bond acceptors (Lipinski definition) is 4. The first kappa shape index (κ1) is 14.9. The molecule has 2 heterocycles. The summed E-state index contributed by atoms with van der Waals surface area (Å²) in [6.07, 6.45) is 1.82. The van der Waals surface area contributed by atoms with Crippen molar-refractivity contribution in [1.29, 1.82) is 0 Å². The van der Waals surface area contributed by atoms with E-state index in [9.17, 15) is 0 Å². The standard InChI is InChI=1S/C15H21NOS2/c1-2-14-11-16(7-10-18-14)12-15-13(6-9-19-15)5-3-4-8-17/h6,9,14,17H,2,4,7-8,10-12H2,1H3. The van der Waals surface area contributed by atoms with E-state index in [4.69, 9.17) is 5.11 Å². The summed E-state index contributed by atoms with van der Waals surface area (Å²) in [7, 11) is 0. The predicted octanol–water partition coefficient (Wildman–Crippen LogP) is 2.81. The van der Waals surface area contributed by atoms with E-state index in [1.165, 1.54) is 30.1 Å². The summed E-state index contributed by atoms with van der Waals surface area (Å²) in [5.74, 6) is 7.44. The molecule has 1 N–H and O–H groups in total. The molecule has 104 valence electrons. The maximum Gasteiger partial charge on any atom is 0.0540 e. The van der Waals surface area contributed by atoms with E-state index in [0.29, 0.717) is 6.42 Å². The normalized spacial score (nSPS) is 20.0. The average Bonchev–Trinajstić information content (AvgIpc) is 2.87. The lowest BCUT2D eigenvalue weighted by Crippen LogP contribution is -2.36. The van der Waals surface area contributed by atoms with Gasteiger partial charge in [-0.1, -0.05) is 18.8 Å². The van der Waals surface area contributed by atoms with Crippen molar-refractivity contribution in [2.45, 2.75) is 31.6 Å². The molecule has 1 unspecified atom stereocenters. The maximum atomic E-state index is 8.77. The summed E-state index contributed by atoms with van der Waals surface area (Å²) in [5.41, 5.74) is 1.14. The van der Waals surface area contributed by atoms with Gasteiger partial charge in [0.15, 0.2) is 0 Å². The third-order valence-corrected chi connectivity index (χ3v) is 5.53. The maximum absolute atomic E-state index is 8.77. The molecule has 0 bridgehead atoms. The van der Waals surface area contributed by atoms with Gasteiger partial charge in [0.05, 0.1) is 6.61 Å². The number of hydrogen-bond donors (Lipinski definition) is 1. The Morgan fingerprint density at radius 2 is 2.42 bits per heavy atom. The van der Waals surface area contributed by atoms with Crippen LogP contribution in [0, 0.1) is 11.8 Å². The van der Waals surface area contributed by atoms with Gasteiger partial charge >= 0.3 is 0 Å². The van der Waals surface area contributed by atoms with Gasteiger partial charge in [-0.3, -0.25) is 4.90 Å². The molecule has 1 saturated heterocycles. The van der Waals surface area contributed by atoms with E-state index in [-0.39, 0.29) is 6.61 Å². The fraction of sp³-hybridized carbons (Fsp3) is 0.600. The number of rotatable bonds is 4. The van der Waals surface area contributed by atoms with Crippen molar-refractivity contribution in [3.05, 3.63) is 21.9 Å². The molecule has 1 aliphatic heterocycles. The summed E-state index contributed by atoms with van der Waals surface area (Å²) < 4.78 is 0. The summed E-state index contributed by atoms with van der Waals surface area (Å²) in [4.78, 5) is 3.92. The molecule has 2 nitrogen and oxygen atoms in total. The van der Waals surface area contributed by atoms with Crippen LogP contribution in [0.15, 0.2) is 11.4 Å². The topological polar surface area (TPSA) is 23.5 Å². The molecule has 4 heteroatoms. The molecule has 19 heavy (non-hydrogen) atoms. The van der Waals surface area contributed by atoms with Gasteiger partial charge in [-0.15, -0.1) is 11.3 Å². The Labute approximate surface area is 124 Å². The van der Waals surface area contributed by atoms with Gasteiger partial charge in [0.1, 0.15) is 0 Å². The Balaban J connectivity index is 1.96. The van der Waals surface area contributed by atoms with Crippen LogP contribution in [0.3, 0.4) is 0 Å². The van der Waals surface area contributed by atoms with E-state index in [1.54, 1.807) is 11.3 Å². The minimum Gasteiger partial charge on any atom is -0.395 e. The highest BCUT2D eigenvalue weighted by Gasteiger charge is 2.19. The van der Waals surface area contributed by atoms with Crippen LogP contribution < -0.4 is 0 Å². The molecule has 1 aromatic rings. The van der Waals surface area contributed by atoms with Gasteiger partial charge in [0, 0.05) is 47.5 Å². The van der Waals surface area contributed by atoms with Crippen LogP contribution in [-0.2, 0) is 6.54 Å². The molecule has 0 radical (unpaired) electrons. The van der Waals surface area contributed by atoms with Gasteiger partial charge in [-0.25, -0.2) is 0 Å². The van der Waals surface area contributed by atoms with Crippen LogP contribution in [0.5, 0.6) is 0 Å². The van der Waals surface area contributed by atoms with Crippen LogP contribution in [0.25, 0.3) is 0 Å². The van der Waals surface area contributed by atoms with Gasteiger partial charge in [-0.05, 0) is 17.9 Å². The molecular formula is C15H21NOS2. The summed E-state index contributed by atoms with van der Waals surface area (Å²) in [6.45, 7) is 5.83. The second-order valence-corrected chi connectivity index (χ2v) is 7.08. The quantitative estimate of drug-likeness (QED) is 0.864. The fourth-order valence-electron chi connectivity index (χ4n) is 2.16. The second-order valence-electron chi connectivity index (χ2n) is 4.67. The van der Waals surface area contributed by atoms with Crippen LogP contribution in [0.1, 0.15) is 30.2 Å². The zero-order valence-corrected chi connectivity index (χ0v) is 13.0. The minimum absolute atomic E-state index is 0.147. The van der Waals surface area contributed by atoms with E-state index in [1.807, 2.05) is 0 Å². The Bertz CT molecular complexity index is 446. The predicted molar refractivity (Wildman–Crippen MR) is 84.7 cm³/mol. The Hall–Kier alpha value is -0.470. The van der Waals surface area contributed by atoms with Crippen molar-refractivity contribution < 1.29 is 5.11 Å². The molecular weight excluding hydrogens is 274 g/mol. The zero-order valence-electron chi connectivity index (χ0n) is 11.4. The van der Waals surface area contributed by atoms with Crippen molar-refractivity contribution in [3.8, 4) is 11.8 Å². The molecule has 0 amide bonds. The van der Waals surface area contributed by atoms with E-state index in [2.05, 4.69) is 46.9 Å². The van der Waals surface area contributed by atoms with Crippen molar-refractivity contribution in [1.82, 2.24) is 4.90 Å². The smallest absolute Gasteiger partial charge is 0.0540 e. The Kier molecular flexibility index (Phi) is 6.25. The van der Waals surface area contributed by atoms with Crippen LogP contribution in [-0.4, -0.2) is 40.7 Å². The number of nitrogens with zero attached hydrogens (tertiary/aromatic N) is 1. The monoisotopic (exact) mass is 295 g/mol. The largest absolute Gasteiger partial charge is 0.395 e. The first-order chi connectivity index (χ1) is 9.33. The minimum atomic E-state index is 0.147. The van der Waals surface area contributed by atoms with Crippen molar-refractivity contribution in [3.63, 3.8) is 0 Å².